The van der Waals surface area contributed by atoms with E-state index in [1.807, 2.05) is 5.38 Å². The maximum atomic E-state index is 13.9. The number of thiazole rings is 2. The summed E-state index contributed by atoms with van der Waals surface area (Å²) in [6.07, 6.45) is 4.01. The Morgan fingerprint density at radius 3 is 2.60 bits per heavy atom. The molecule has 0 atom stereocenters. The van der Waals surface area contributed by atoms with Gasteiger partial charge in [-0.1, -0.05) is 6.07 Å². The second-order valence-corrected chi connectivity index (χ2v) is 7.44. The van der Waals surface area contributed by atoms with Crippen LogP contribution >= 0.6 is 22.7 Å². The zero-order chi connectivity index (χ0) is 17.4. The zero-order valence-corrected chi connectivity index (χ0v) is 14.5. The van der Waals surface area contributed by atoms with Crippen molar-refractivity contribution in [3.05, 3.63) is 56.3 Å². The molecular formula is C18H11F2N3S2. The highest BCUT2D eigenvalue weighted by Gasteiger charge is 2.26. The van der Waals surface area contributed by atoms with Crippen molar-refractivity contribution in [2.75, 3.05) is 0 Å². The van der Waals surface area contributed by atoms with E-state index in [1.165, 1.54) is 42.4 Å². The van der Waals surface area contributed by atoms with E-state index in [9.17, 15) is 14.0 Å². The van der Waals surface area contributed by atoms with Gasteiger partial charge in [0.1, 0.15) is 22.7 Å². The fourth-order valence-corrected chi connectivity index (χ4v) is 4.15. The molecule has 0 amide bonds. The van der Waals surface area contributed by atoms with E-state index in [0.717, 1.165) is 10.7 Å². The SMILES string of the molecule is N#CC(=Cc1csc(C2CC2)n1)c1nc(-c2c(F)cccc2F)cs1. The molecule has 124 valence electrons. The average Bonchev–Trinajstić information content (AvgIpc) is 3.15. The molecule has 1 aliphatic rings. The monoisotopic (exact) mass is 371 g/mol. The van der Waals surface area contributed by atoms with Crippen molar-refractivity contribution in [2.24, 2.45) is 0 Å². The van der Waals surface area contributed by atoms with Crippen LogP contribution in [0.2, 0.25) is 0 Å². The Labute approximate surface area is 150 Å². The molecule has 0 spiro atoms. The van der Waals surface area contributed by atoms with Gasteiger partial charge in [-0.15, -0.1) is 22.7 Å². The smallest absolute Gasteiger partial charge is 0.135 e. The first kappa shape index (κ1) is 16.1. The quantitative estimate of drug-likeness (QED) is 0.570. The van der Waals surface area contributed by atoms with Crippen molar-refractivity contribution in [3.63, 3.8) is 0 Å². The number of allylic oxidation sites excluding steroid dienone is 1. The molecule has 0 saturated heterocycles. The van der Waals surface area contributed by atoms with Crippen molar-refractivity contribution in [2.45, 2.75) is 18.8 Å². The average molecular weight is 371 g/mol. The highest BCUT2D eigenvalue weighted by atomic mass is 32.1. The molecule has 0 N–H and O–H groups in total. The lowest BCUT2D eigenvalue weighted by Gasteiger charge is -2.00. The number of nitriles is 1. The molecule has 1 saturated carbocycles. The molecule has 4 rings (SSSR count). The van der Waals surface area contributed by atoms with Crippen LogP contribution in [0.4, 0.5) is 8.78 Å². The standard InChI is InChI=1S/C18H11F2N3S2/c19-13-2-1-3-14(20)16(13)15-9-25-18(23-15)11(7-21)6-12-8-24-17(22-12)10-4-5-10/h1-3,6,8-10H,4-5H2. The second kappa shape index (κ2) is 6.47. The molecule has 2 heterocycles. The highest BCUT2D eigenvalue weighted by molar-refractivity contribution is 7.11. The van der Waals surface area contributed by atoms with Gasteiger partial charge in [0.15, 0.2) is 0 Å². The summed E-state index contributed by atoms with van der Waals surface area (Å²) in [5.74, 6) is -0.783. The van der Waals surface area contributed by atoms with Crippen LogP contribution in [0.5, 0.6) is 0 Å². The third-order valence-electron chi connectivity index (χ3n) is 3.83. The zero-order valence-electron chi connectivity index (χ0n) is 12.9. The summed E-state index contributed by atoms with van der Waals surface area (Å²) in [5.41, 5.74) is 1.07. The molecule has 3 nitrogen and oxygen atoms in total. The summed E-state index contributed by atoms with van der Waals surface area (Å²) >= 11 is 2.77. The largest absolute Gasteiger partial charge is 0.242 e. The lowest BCUT2D eigenvalue weighted by Crippen LogP contribution is -1.90. The first-order valence-corrected chi connectivity index (χ1v) is 9.39. The molecule has 1 aromatic carbocycles. The van der Waals surface area contributed by atoms with Crippen LogP contribution in [0, 0.1) is 23.0 Å². The van der Waals surface area contributed by atoms with Crippen molar-refractivity contribution < 1.29 is 8.78 Å². The Morgan fingerprint density at radius 2 is 1.92 bits per heavy atom. The fourth-order valence-electron chi connectivity index (χ4n) is 2.43. The Kier molecular flexibility index (Phi) is 4.15. The van der Waals surface area contributed by atoms with Gasteiger partial charge < -0.3 is 0 Å². The van der Waals surface area contributed by atoms with E-state index in [4.69, 9.17) is 0 Å². The highest BCUT2D eigenvalue weighted by Crippen LogP contribution is 2.41. The van der Waals surface area contributed by atoms with Crippen molar-refractivity contribution >= 4 is 34.3 Å². The van der Waals surface area contributed by atoms with Gasteiger partial charge in [-0.3, -0.25) is 0 Å². The Morgan fingerprint density at radius 1 is 1.16 bits per heavy atom. The first-order chi connectivity index (χ1) is 12.2. The van der Waals surface area contributed by atoms with Gasteiger partial charge >= 0.3 is 0 Å². The number of nitrogens with zero attached hydrogens (tertiary/aromatic N) is 3. The minimum Gasteiger partial charge on any atom is -0.242 e. The molecule has 0 radical (unpaired) electrons. The number of aromatic nitrogens is 2. The maximum Gasteiger partial charge on any atom is 0.135 e. The van der Waals surface area contributed by atoms with E-state index in [1.54, 1.807) is 22.8 Å². The second-order valence-electron chi connectivity index (χ2n) is 5.69. The molecule has 0 unspecified atom stereocenters. The van der Waals surface area contributed by atoms with Crippen molar-refractivity contribution in [1.82, 2.24) is 9.97 Å². The molecule has 1 aliphatic carbocycles. The summed E-state index contributed by atoms with van der Waals surface area (Å²) in [5, 5.41) is 14.4. The van der Waals surface area contributed by atoms with Gasteiger partial charge in [0.25, 0.3) is 0 Å². The number of rotatable bonds is 4. The molecule has 0 bridgehead atoms. The van der Waals surface area contributed by atoms with Crippen LogP contribution < -0.4 is 0 Å². The van der Waals surface area contributed by atoms with Gasteiger partial charge in [-0.25, -0.2) is 18.7 Å². The third kappa shape index (κ3) is 3.23. The van der Waals surface area contributed by atoms with Gasteiger partial charge in [-0.2, -0.15) is 5.26 Å². The Balaban J connectivity index is 1.67. The van der Waals surface area contributed by atoms with E-state index in [-0.39, 0.29) is 11.3 Å². The van der Waals surface area contributed by atoms with Crippen LogP contribution in [0.15, 0.2) is 29.0 Å². The Hall–Kier alpha value is -2.43. The van der Waals surface area contributed by atoms with Gasteiger partial charge in [0, 0.05) is 16.7 Å². The Bertz CT molecular complexity index is 989. The predicted octanol–water partition coefficient (Wildman–Crippen LogP) is 5.49. The van der Waals surface area contributed by atoms with E-state index < -0.39 is 11.6 Å². The van der Waals surface area contributed by atoms with Crippen LogP contribution in [0.25, 0.3) is 22.9 Å². The first-order valence-electron chi connectivity index (χ1n) is 7.63. The molecule has 1 fully saturated rings. The van der Waals surface area contributed by atoms with Gasteiger partial charge in [0.2, 0.25) is 0 Å². The summed E-state index contributed by atoms with van der Waals surface area (Å²) in [6.45, 7) is 0. The van der Waals surface area contributed by atoms with E-state index in [0.29, 0.717) is 16.5 Å². The topological polar surface area (TPSA) is 49.6 Å². The van der Waals surface area contributed by atoms with Crippen LogP contribution in [-0.4, -0.2) is 9.97 Å². The molecule has 25 heavy (non-hydrogen) atoms. The normalized spacial score (nSPS) is 14.5. The predicted molar refractivity (Wildman–Crippen MR) is 95.0 cm³/mol. The lowest BCUT2D eigenvalue weighted by atomic mass is 10.1. The summed E-state index contributed by atoms with van der Waals surface area (Å²) in [4.78, 5) is 8.77. The molecule has 0 aliphatic heterocycles. The molecule has 7 heteroatoms. The molecular weight excluding hydrogens is 360 g/mol. The maximum absolute atomic E-state index is 13.9. The summed E-state index contributed by atoms with van der Waals surface area (Å²) < 4.78 is 27.8. The van der Waals surface area contributed by atoms with Gasteiger partial charge in [-0.05, 0) is 31.1 Å². The fraction of sp³-hybridized carbons (Fsp3) is 0.167. The summed E-state index contributed by atoms with van der Waals surface area (Å²) in [6, 6.07) is 5.78. The molecule has 3 aromatic rings. The lowest BCUT2D eigenvalue weighted by molar-refractivity contribution is 0.589. The molecule has 2 aromatic heterocycles. The van der Waals surface area contributed by atoms with Crippen LogP contribution in [-0.2, 0) is 0 Å². The number of benzene rings is 1. The minimum atomic E-state index is -0.673. The van der Waals surface area contributed by atoms with Crippen LogP contribution in [0.1, 0.15) is 34.5 Å². The number of hydrogen-bond acceptors (Lipinski definition) is 5. The summed E-state index contributed by atoms with van der Waals surface area (Å²) in [7, 11) is 0. The van der Waals surface area contributed by atoms with E-state index >= 15 is 0 Å². The van der Waals surface area contributed by atoms with Crippen LogP contribution in [0.3, 0.4) is 0 Å². The van der Waals surface area contributed by atoms with E-state index in [2.05, 4.69) is 16.0 Å². The third-order valence-corrected chi connectivity index (χ3v) is 5.73. The number of halogens is 2. The van der Waals surface area contributed by atoms with Crippen molar-refractivity contribution in [1.29, 1.82) is 5.26 Å². The van der Waals surface area contributed by atoms with Gasteiger partial charge in [0.05, 0.1) is 27.5 Å². The minimum absolute atomic E-state index is 0.174. The van der Waals surface area contributed by atoms with Crippen molar-refractivity contribution in [3.8, 4) is 17.3 Å². The number of hydrogen-bond donors (Lipinski definition) is 0.